The Morgan fingerprint density at radius 2 is 1.97 bits per heavy atom. The lowest BCUT2D eigenvalue weighted by atomic mass is 10.0. The minimum absolute atomic E-state index is 0.509. The Balaban J connectivity index is 1.97. The molecule has 2 heterocycles. The molecule has 4 nitrogen and oxygen atoms in total. The number of hydrogen-bond acceptors (Lipinski definition) is 4. The van der Waals surface area contributed by atoms with Crippen molar-refractivity contribution in [3.8, 4) is 0 Å². The van der Waals surface area contributed by atoms with Crippen molar-refractivity contribution < 1.29 is 0 Å². The Hall–Kier alpha value is -1.62. The van der Waals surface area contributed by atoms with Crippen LogP contribution >= 0.6 is 15.9 Å². The number of unbranched alkanes of at least 4 members (excludes halogenated alkanes) is 2. The van der Waals surface area contributed by atoms with Gasteiger partial charge in [0.05, 0.1) is 5.69 Å². The van der Waals surface area contributed by atoms with E-state index in [1.807, 2.05) is 0 Å². The van der Waals surface area contributed by atoms with Crippen molar-refractivity contribution in [1.29, 1.82) is 0 Å². The number of rotatable bonds is 8. The predicted molar refractivity (Wildman–Crippen MR) is 128 cm³/mol. The van der Waals surface area contributed by atoms with Crippen LogP contribution in [0.4, 0.5) is 17.5 Å². The molecule has 0 saturated carbocycles. The van der Waals surface area contributed by atoms with Crippen molar-refractivity contribution in [2.45, 2.75) is 72.6 Å². The molecule has 0 N–H and O–H groups in total. The van der Waals surface area contributed by atoms with Crippen LogP contribution in [-0.2, 0) is 6.42 Å². The van der Waals surface area contributed by atoms with Gasteiger partial charge in [0.25, 0.3) is 0 Å². The number of aryl methyl sites for hydroxylation is 1. The van der Waals surface area contributed by atoms with E-state index in [1.54, 1.807) is 0 Å². The largest absolute Gasteiger partial charge is 0.356 e. The highest BCUT2D eigenvalue weighted by molar-refractivity contribution is 9.10. The molecule has 0 saturated heterocycles. The van der Waals surface area contributed by atoms with E-state index in [2.05, 4.69) is 78.5 Å². The van der Waals surface area contributed by atoms with Gasteiger partial charge in [0.1, 0.15) is 5.82 Å². The van der Waals surface area contributed by atoms with Gasteiger partial charge in [-0.25, -0.2) is 4.98 Å². The Labute approximate surface area is 184 Å². The second kappa shape index (κ2) is 9.92. The van der Waals surface area contributed by atoms with Gasteiger partial charge in [-0.2, -0.15) is 4.98 Å². The van der Waals surface area contributed by atoms with Crippen LogP contribution in [0.3, 0.4) is 0 Å². The summed E-state index contributed by atoms with van der Waals surface area (Å²) in [5.41, 5.74) is 4.92. The number of fused-ring (bicyclic) bond motifs is 1. The predicted octanol–water partition coefficient (Wildman–Crippen LogP) is 6.77. The number of hydrogen-bond donors (Lipinski definition) is 0. The molecular formula is C24H35BrN4. The first-order valence-electron chi connectivity index (χ1n) is 11.2. The van der Waals surface area contributed by atoms with E-state index in [0.29, 0.717) is 5.92 Å². The highest BCUT2D eigenvalue weighted by atomic mass is 79.9. The number of benzene rings is 1. The van der Waals surface area contributed by atoms with Gasteiger partial charge in [0.15, 0.2) is 0 Å². The lowest BCUT2D eigenvalue weighted by Crippen LogP contribution is -2.33. The van der Waals surface area contributed by atoms with E-state index in [1.165, 1.54) is 36.8 Å². The number of aromatic nitrogens is 2. The van der Waals surface area contributed by atoms with Gasteiger partial charge >= 0.3 is 0 Å². The molecule has 0 bridgehead atoms. The molecule has 158 valence electrons. The molecule has 0 atom stereocenters. The fourth-order valence-corrected chi connectivity index (χ4v) is 4.70. The molecule has 1 aliphatic rings. The maximum Gasteiger partial charge on any atom is 0.232 e. The molecule has 3 rings (SSSR count). The quantitative estimate of drug-likeness (QED) is 0.408. The normalized spacial score (nSPS) is 13.7. The van der Waals surface area contributed by atoms with Gasteiger partial charge in [0.2, 0.25) is 5.95 Å². The van der Waals surface area contributed by atoms with Crippen molar-refractivity contribution in [3.63, 3.8) is 0 Å². The zero-order valence-electron chi connectivity index (χ0n) is 18.6. The van der Waals surface area contributed by atoms with E-state index < -0.39 is 0 Å². The molecule has 0 unspecified atom stereocenters. The van der Waals surface area contributed by atoms with Crippen LogP contribution in [0.15, 0.2) is 22.7 Å². The van der Waals surface area contributed by atoms with Crippen molar-refractivity contribution >= 4 is 33.4 Å². The summed E-state index contributed by atoms with van der Waals surface area (Å²) in [7, 11) is 0. The zero-order valence-corrected chi connectivity index (χ0v) is 20.2. The molecule has 1 aliphatic heterocycles. The lowest BCUT2D eigenvalue weighted by Gasteiger charge is -2.32. The Bertz CT molecular complexity index is 834. The minimum Gasteiger partial charge on any atom is -0.356 e. The SMILES string of the molecule is CCCCCN1CCCc2c(C)nc(N(CC)c3ccc(C(C)C)cc3Br)nc21. The third kappa shape index (κ3) is 4.93. The maximum absolute atomic E-state index is 5.10. The van der Waals surface area contributed by atoms with E-state index in [0.717, 1.165) is 53.7 Å². The van der Waals surface area contributed by atoms with Gasteiger partial charge in [-0.3, -0.25) is 0 Å². The number of nitrogens with zero attached hydrogens (tertiary/aromatic N) is 4. The summed E-state index contributed by atoms with van der Waals surface area (Å²) in [6.07, 6.45) is 6.04. The monoisotopic (exact) mass is 458 g/mol. The molecule has 2 aromatic rings. The van der Waals surface area contributed by atoms with Gasteiger partial charge in [-0.1, -0.05) is 39.7 Å². The summed E-state index contributed by atoms with van der Waals surface area (Å²) in [6, 6.07) is 6.64. The van der Waals surface area contributed by atoms with E-state index in [9.17, 15) is 0 Å². The Morgan fingerprint density at radius 1 is 1.17 bits per heavy atom. The van der Waals surface area contributed by atoms with Crippen LogP contribution < -0.4 is 9.80 Å². The molecule has 1 aromatic carbocycles. The average molecular weight is 459 g/mol. The summed E-state index contributed by atoms with van der Waals surface area (Å²) in [5.74, 6) is 2.47. The third-order valence-corrected chi connectivity index (χ3v) is 6.49. The summed E-state index contributed by atoms with van der Waals surface area (Å²) in [4.78, 5) is 14.7. The second-order valence-electron chi connectivity index (χ2n) is 8.32. The van der Waals surface area contributed by atoms with Crippen molar-refractivity contribution in [3.05, 3.63) is 39.5 Å². The van der Waals surface area contributed by atoms with Crippen molar-refractivity contribution in [2.24, 2.45) is 0 Å². The smallest absolute Gasteiger partial charge is 0.232 e. The van der Waals surface area contributed by atoms with Crippen LogP contribution in [-0.4, -0.2) is 29.6 Å². The topological polar surface area (TPSA) is 32.3 Å². The number of anilines is 3. The van der Waals surface area contributed by atoms with Gasteiger partial charge in [0, 0.05) is 35.4 Å². The highest BCUT2D eigenvalue weighted by Crippen LogP contribution is 2.35. The highest BCUT2D eigenvalue weighted by Gasteiger charge is 2.24. The molecule has 0 aliphatic carbocycles. The van der Waals surface area contributed by atoms with Gasteiger partial charge in [-0.05, 0) is 72.7 Å². The third-order valence-electron chi connectivity index (χ3n) is 5.85. The Kier molecular flexibility index (Phi) is 7.55. The van der Waals surface area contributed by atoms with E-state index in [-0.39, 0.29) is 0 Å². The molecule has 29 heavy (non-hydrogen) atoms. The first-order valence-corrected chi connectivity index (χ1v) is 11.9. The molecule has 1 aromatic heterocycles. The molecule has 5 heteroatoms. The van der Waals surface area contributed by atoms with Crippen LogP contribution in [0.25, 0.3) is 0 Å². The fraction of sp³-hybridized carbons (Fsp3) is 0.583. The number of halogens is 1. The second-order valence-corrected chi connectivity index (χ2v) is 9.17. The molecule has 0 fully saturated rings. The molecular weight excluding hydrogens is 424 g/mol. The first kappa shape index (κ1) is 22.1. The summed E-state index contributed by atoms with van der Waals surface area (Å²) < 4.78 is 1.10. The minimum atomic E-state index is 0.509. The van der Waals surface area contributed by atoms with E-state index >= 15 is 0 Å². The van der Waals surface area contributed by atoms with Crippen LogP contribution in [0.5, 0.6) is 0 Å². The Morgan fingerprint density at radius 3 is 2.62 bits per heavy atom. The van der Waals surface area contributed by atoms with E-state index in [4.69, 9.17) is 9.97 Å². The molecule has 0 spiro atoms. The van der Waals surface area contributed by atoms with Crippen LogP contribution in [0, 0.1) is 6.92 Å². The standard InChI is InChI=1S/C24H35BrN4/c1-6-8-9-14-28-15-10-11-20-18(5)26-24(27-23(20)28)29(7-2)22-13-12-19(17(3)4)16-21(22)25/h12-13,16-17H,6-11,14-15H2,1-5H3. The first-order chi connectivity index (χ1) is 14.0. The zero-order chi connectivity index (χ0) is 21.0. The van der Waals surface area contributed by atoms with Crippen LogP contribution in [0.2, 0.25) is 0 Å². The van der Waals surface area contributed by atoms with Crippen molar-refractivity contribution in [1.82, 2.24) is 9.97 Å². The molecule has 0 amide bonds. The lowest BCUT2D eigenvalue weighted by molar-refractivity contribution is 0.625. The fourth-order valence-electron chi connectivity index (χ4n) is 4.09. The van der Waals surface area contributed by atoms with Crippen molar-refractivity contribution in [2.75, 3.05) is 29.4 Å². The molecule has 0 radical (unpaired) electrons. The summed E-state index contributed by atoms with van der Waals surface area (Å²) in [6.45, 7) is 14.0. The van der Waals surface area contributed by atoms with Crippen LogP contribution in [0.1, 0.15) is 76.1 Å². The summed E-state index contributed by atoms with van der Waals surface area (Å²) >= 11 is 3.79. The van der Waals surface area contributed by atoms with Gasteiger partial charge < -0.3 is 9.80 Å². The average Bonchev–Trinajstić information content (AvgIpc) is 2.70. The maximum atomic E-state index is 5.10. The summed E-state index contributed by atoms with van der Waals surface area (Å²) in [5, 5.41) is 0. The van der Waals surface area contributed by atoms with Gasteiger partial charge in [-0.15, -0.1) is 0 Å².